The first-order chi connectivity index (χ1) is 8.56. The Hall–Kier alpha value is -2.37. The van der Waals surface area contributed by atoms with Gasteiger partial charge in [0.2, 0.25) is 0 Å². The van der Waals surface area contributed by atoms with Gasteiger partial charge in [-0.05, 0) is 31.2 Å². The Kier molecular flexibility index (Phi) is 3.27. The summed E-state index contributed by atoms with van der Waals surface area (Å²) in [5.74, 6) is -2.53. The molecule has 0 fully saturated rings. The average Bonchev–Trinajstić information content (AvgIpc) is 2.34. The van der Waals surface area contributed by atoms with Gasteiger partial charge in [0.05, 0.1) is 5.69 Å². The lowest BCUT2D eigenvalue weighted by molar-refractivity contribution is 0.102. The molecule has 0 atom stereocenters. The lowest BCUT2D eigenvalue weighted by Gasteiger charge is -2.04. The van der Waals surface area contributed by atoms with E-state index >= 15 is 0 Å². The number of hydrogen-bond donors (Lipinski definition) is 1. The molecule has 1 amide bonds. The number of aryl methyl sites for hydroxylation is 1. The molecule has 1 heterocycles. The largest absolute Gasteiger partial charge is 0.320 e. The van der Waals surface area contributed by atoms with Crippen LogP contribution < -0.4 is 5.32 Å². The quantitative estimate of drug-likeness (QED) is 0.888. The van der Waals surface area contributed by atoms with Crippen LogP contribution in [0.1, 0.15) is 16.2 Å². The van der Waals surface area contributed by atoms with Gasteiger partial charge < -0.3 is 5.32 Å². The van der Waals surface area contributed by atoms with E-state index in [1.807, 2.05) is 0 Å². The number of benzene rings is 1. The molecule has 4 nitrogen and oxygen atoms in total. The number of nitrogens with one attached hydrogen (secondary N) is 1. The molecule has 0 bridgehead atoms. The Labute approximate surface area is 102 Å². The Balaban J connectivity index is 2.16. The van der Waals surface area contributed by atoms with E-state index < -0.39 is 17.5 Å². The molecular formula is C12H9F2N3O. The SMILES string of the molecule is Cc1ccc(C(=O)Nc2ccc(F)c(F)c2)nn1. The first-order valence-electron chi connectivity index (χ1n) is 5.13. The van der Waals surface area contributed by atoms with Crippen molar-refractivity contribution in [3.63, 3.8) is 0 Å². The van der Waals surface area contributed by atoms with Gasteiger partial charge in [-0.25, -0.2) is 8.78 Å². The number of carbonyl (C=O) groups is 1. The second-order valence-corrected chi connectivity index (χ2v) is 3.64. The highest BCUT2D eigenvalue weighted by molar-refractivity contribution is 6.02. The van der Waals surface area contributed by atoms with Gasteiger partial charge in [-0.15, -0.1) is 5.10 Å². The summed E-state index contributed by atoms with van der Waals surface area (Å²) in [7, 11) is 0. The molecule has 0 aliphatic heterocycles. The predicted molar refractivity (Wildman–Crippen MR) is 61.1 cm³/mol. The number of rotatable bonds is 2. The zero-order chi connectivity index (χ0) is 13.1. The van der Waals surface area contributed by atoms with E-state index in [0.717, 1.165) is 12.1 Å². The Morgan fingerprint density at radius 3 is 2.50 bits per heavy atom. The monoisotopic (exact) mass is 249 g/mol. The molecule has 1 N–H and O–H groups in total. The van der Waals surface area contributed by atoms with Gasteiger partial charge in [-0.3, -0.25) is 4.79 Å². The van der Waals surface area contributed by atoms with E-state index in [2.05, 4.69) is 15.5 Å². The molecule has 1 aromatic carbocycles. The van der Waals surface area contributed by atoms with Crippen molar-refractivity contribution in [2.45, 2.75) is 6.92 Å². The molecule has 1 aromatic heterocycles. The summed E-state index contributed by atoms with van der Waals surface area (Å²) in [5.41, 5.74) is 0.936. The standard InChI is InChI=1S/C12H9F2N3O/c1-7-2-5-11(17-16-7)12(18)15-8-3-4-9(13)10(14)6-8/h2-6H,1H3,(H,15,18). The van der Waals surface area contributed by atoms with Gasteiger partial charge >= 0.3 is 0 Å². The molecular weight excluding hydrogens is 240 g/mol. The van der Waals surface area contributed by atoms with E-state index in [4.69, 9.17) is 0 Å². The summed E-state index contributed by atoms with van der Waals surface area (Å²) in [6.45, 7) is 1.74. The molecule has 0 spiro atoms. The molecule has 18 heavy (non-hydrogen) atoms. The molecule has 92 valence electrons. The summed E-state index contributed by atoms with van der Waals surface area (Å²) >= 11 is 0. The maximum atomic E-state index is 12.9. The second kappa shape index (κ2) is 4.87. The Morgan fingerprint density at radius 1 is 1.11 bits per heavy atom. The number of amides is 1. The van der Waals surface area contributed by atoms with Crippen LogP contribution in [0.3, 0.4) is 0 Å². The van der Waals surface area contributed by atoms with E-state index in [9.17, 15) is 13.6 Å². The van der Waals surface area contributed by atoms with Gasteiger partial charge in [-0.2, -0.15) is 5.10 Å². The van der Waals surface area contributed by atoms with Crippen molar-refractivity contribution in [1.82, 2.24) is 10.2 Å². The highest BCUT2D eigenvalue weighted by Crippen LogP contribution is 2.13. The molecule has 0 unspecified atom stereocenters. The summed E-state index contributed by atoms with van der Waals surface area (Å²) in [6.07, 6.45) is 0. The van der Waals surface area contributed by atoms with Crippen molar-refractivity contribution in [1.29, 1.82) is 0 Å². The van der Waals surface area contributed by atoms with Crippen molar-refractivity contribution in [3.05, 3.63) is 53.4 Å². The number of carbonyl (C=O) groups excluding carboxylic acids is 1. The van der Waals surface area contributed by atoms with Crippen LogP contribution in [0.4, 0.5) is 14.5 Å². The first kappa shape index (κ1) is 12.1. The van der Waals surface area contributed by atoms with Crippen LogP contribution in [0, 0.1) is 18.6 Å². The highest BCUT2D eigenvalue weighted by Gasteiger charge is 2.09. The van der Waals surface area contributed by atoms with Gasteiger partial charge in [0.15, 0.2) is 17.3 Å². The smallest absolute Gasteiger partial charge is 0.276 e. The van der Waals surface area contributed by atoms with Crippen LogP contribution in [-0.2, 0) is 0 Å². The number of hydrogen-bond acceptors (Lipinski definition) is 3. The van der Waals surface area contributed by atoms with Crippen LogP contribution >= 0.6 is 0 Å². The van der Waals surface area contributed by atoms with Gasteiger partial charge in [-0.1, -0.05) is 0 Å². The van der Waals surface area contributed by atoms with Crippen LogP contribution in [0.2, 0.25) is 0 Å². The maximum Gasteiger partial charge on any atom is 0.276 e. The topological polar surface area (TPSA) is 54.9 Å². The van der Waals surface area contributed by atoms with Gasteiger partial charge in [0, 0.05) is 11.8 Å². The number of nitrogens with zero attached hydrogens (tertiary/aromatic N) is 2. The van der Waals surface area contributed by atoms with Crippen LogP contribution in [-0.4, -0.2) is 16.1 Å². The summed E-state index contributed by atoms with van der Waals surface area (Å²) < 4.78 is 25.6. The summed E-state index contributed by atoms with van der Waals surface area (Å²) in [5, 5.41) is 9.81. The van der Waals surface area contributed by atoms with E-state index in [1.165, 1.54) is 12.1 Å². The van der Waals surface area contributed by atoms with Crippen molar-refractivity contribution < 1.29 is 13.6 Å². The van der Waals surface area contributed by atoms with E-state index in [0.29, 0.717) is 5.69 Å². The van der Waals surface area contributed by atoms with Crippen molar-refractivity contribution in [2.75, 3.05) is 5.32 Å². The summed E-state index contributed by atoms with van der Waals surface area (Å²) in [4.78, 5) is 11.7. The minimum atomic E-state index is -1.03. The lowest BCUT2D eigenvalue weighted by atomic mass is 10.2. The number of aromatic nitrogens is 2. The Bertz CT molecular complexity index is 584. The fraction of sp³-hybridized carbons (Fsp3) is 0.0833. The fourth-order valence-corrected chi connectivity index (χ4v) is 1.29. The first-order valence-corrected chi connectivity index (χ1v) is 5.13. The third-order valence-electron chi connectivity index (χ3n) is 2.21. The molecule has 2 rings (SSSR count). The molecule has 0 radical (unpaired) electrons. The van der Waals surface area contributed by atoms with E-state index in [1.54, 1.807) is 13.0 Å². The van der Waals surface area contributed by atoms with Crippen molar-refractivity contribution in [3.8, 4) is 0 Å². The molecule has 6 heteroatoms. The third kappa shape index (κ3) is 2.65. The van der Waals surface area contributed by atoms with Gasteiger partial charge in [0.1, 0.15) is 0 Å². The predicted octanol–water partition coefficient (Wildman–Crippen LogP) is 2.32. The van der Waals surface area contributed by atoms with Crippen LogP contribution in [0.5, 0.6) is 0 Å². The fourth-order valence-electron chi connectivity index (χ4n) is 1.29. The molecule has 0 aliphatic carbocycles. The zero-order valence-corrected chi connectivity index (χ0v) is 9.45. The average molecular weight is 249 g/mol. The minimum absolute atomic E-state index is 0.102. The van der Waals surface area contributed by atoms with Gasteiger partial charge in [0.25, 0.3) is 5.91 Å². The lowest BCUT2D eigenvalue weighted by Crippen LogP contribution is -2.14. The summed E-state index contributed by atoms with van der Waals surface area (Å²) in [6, 6.07) is 6.23. The normalized spacial score (nSPS) is 10.2. The third-order valence-corrected chi connectivity index (χ3v) is 2.21. The second-order valence-electron chi connectivity index (χ2n) is 3.64. The van der Waals surface area contributed by atoms with Crippen molar-refractivity contribution >= 4 is 11.6 Å². The zero-order valence-electron chi connectivity index (χ0n) is 9.45. The molecule has 0 saturated carbocycles. The van der Waals surface area contributed by atoms with Crippen molar-refractivity contribution in [2.24, 2.45) is 0 Å². The maximum absolute atomic E-state index is 12.9. The molecule has 0 saturated heterocycles. The van der Waals surface area contributed by atoms with E-state index in [-0.39, 0.29) is 11.4 Å². The van der Waals surface area contributed by atoms with Crippen LogP contribution in [0.25, 0.3) is 0 Å². The Morgan fingerprint density at radius 2 is 1.89 bits per heavy atom. The minimum Gasteiger partial charge on any atom is -0.320 e. The highest BCUT2D eigenvalue weighted by atomic mass is 19.2. The molecule has 2 aromatic rings. The van der Waals surface area contributed by atoms with Crippen LogP contribution in [0.15, 0.2) is 30.3 Å². The number of anilines is 1. The number of halogens is 2. The molecule has 0 aliphatic rings.